The van der Waals surface area contributed by atoms with Gasteiger partial charge in [0.15, 0.2) is 11.5 Å². The third-order valence-corrected chi connectivity index (χ3v) is 5.28. The number of esters is 1. The molecule has 0 saturated carbocycles. The normalized spacial score (nSPS) is 13.6. The van der Waals surface area contributed by atoms with Crippen molar-refractivity contribution in [1.29, 1.82) is 0 Å². The zero-order valence-corrected chi connectivity index (χ0v) is 16.8. The van der Waals surface area contributed by atoms with Gasteiger partial charge in [-0.3, -0.25) is 4.98 Å². The molecule has 1 aliphatic heterocycles. The first-order chi connectivity index (χ1) is 15.2. The number of benzene rings is 3. The number of pyridine rings is 1. The first-order valence-corrected chi connectivity index (χ1v) is 9.87. The van der Waals surface area contributed by atoms with Crippen LogP contribution in [0.4, 0.5) is 0 Å². The van der Waals surface area contributed by atoms with Crippen molar-refractivity contribution in [2.45, 2.75) is 5.79 Å². The maximum absolute atomic E-state index is 12.7. The third-order valence-electron chi connectivity index (χ3n) is 5.28. The van der Waals surface area contributed by atoms with Gasteiger partial charge in [0, 0.05) is 23.5 Å². The Bertz CT molecular complexity index is 1190. The Balaban J connectivity index is 1.72. The van der Waals surface area contributed by atoms with Crippen molar-refractivity contribution >= 4 is 5.97 Å². The van der Waals surface area contributed by atoms with E-state index in [1.54, 1.807) is 18.5 Å². The van der Waals surface area contributed by atoms with Crippen LogP contribution in [0.15, 0.2) is 97.3 Å². The molecule has 0 spiro atoms. The number of ether oxygens (including phenoxy) is 3. The highest BCUT2D eigenvalue weighted by Gasteiger charge is 2.47. The molecule has 0 bridgehead atoms. The van der Waals surface area contributed by atoms with Crippen LogP contribution in [0.3, 0.4) is 0 Å². The van der Waals surface area contributed by atoms with E-state index in [9.17, 15) is 4.79 Å². The summed E-state index contributed by atoms with van der Waals surface area (Å²) in [6.45, 7) is 0. The van der Waals surface area contributed by atoms with Crippen LogP contribution < -0.4 is 9.47 Å². The molecule has 0 fully saturated rings. The van der Waals surface area contributed by atoms with Crippen LogP contribution in [-0.2, 0) is 10.5 Å². The Morgan fingerprint density at radius 2 is 1.42 bits per heavy atom. The summed E-state index contributed by atoms with van der Waals surface area (Å²) in [6, 6.07) is 26.8. The summed E-state index contributed by atoms with van der Waals surface area (Å²) < 4.78 is 18.0. The lowest BCUT2D eigenvalue weighted by molar-refractivity contribution is -0.0462. The number of nitrogens with zero attached hydrogens (tertiary/aromatic N) is 1. The van der Waals surface area contributed by atoms with Crippen LogP contribution in [0.5, 0.6) is 11.5 Å². The van der Waals surface area contributed by atoms with E-state index in [2.05, 4.69) is 4.98 Å². The molecule has 1 aromatic heterocycles. The minimum absolute atomic E-state index is 0.306. The molecule has 0 radical (unpaired) electrons. The Kier molecular flexibility index (Phi) is 4.64. The smallest absolute Gasteiger partial charge is 0.341 e. The van der Waals surface area contributed by atoms with E-state index in [4.69, 9.17) is 14.2 Å². The number of methoxy groups -OCH3 is 1. The molecule has 4 aromatic rings. The van der Waals surface area contributed by atoms with Crippen LogP contribution in [0.1, 0.15) is 21.5 Å². The Morgan fingerprint density at radius 1 is 0.806 bits per heavy atom. The van der Waals surface area contributed by atoms with Gasteiger partial charge in [0.2, 0.25) is 0 Å². The number of hydrogen-bond acceptors (Lipinski definition) is 5. The van der Waals surface area contributed by atoms with E-state index in [-0.39, 0.29) is 0 Å². The number of rotatable bonds is 4. The minimum Gasteiger partial charge on any atom is -0.465 e. The molecule has 2 heterocycles. The molecule has 31 heavy (non-hydrogen) atoms. The highest BCUT2D eigenvalue weighted by atomic mass is 16.7. The summed E-state index contributed by atoms with van der Waals surface area (Å²) in [4.78, 5) is 16.7. The lowest BCUT2D eigenvalue weighted by Crippen LogP contribution is -2.36. The maximum Gasteiger partial charge on any atom is 0.341 e. The zero-order chi connectivity index (χ0) is 21.3. The van der Waals surface area contributed by atoms with Gasteiger partial charge >= 0.3 is 11.8 Å². The fourth-order valence-corrected chi connectivity index (χ4v) is 3.79. The second kappa shape index (κ2) is 7.61. The van der Waals surface area contributed by atoms with Crippen LogP contribution >= 0.6 is 0 Å². The van der Waals surface area contributed by atoms with Gasteiger partial charge in [0.25, 0.3) is 0 Å². The fourth-order valence-electron chi connectivity index (χ4n) is 3.79. The van der Waals surface area contributed by atoms with Gasteiger partial charge in [0.1, 0.15) is 5.56 Å². The summed E-state index contributed by atoms with van der Waals surface area (Å²) >= 11 is 0. The molecule has 0 unspecified atom stereocenters. The molecule has 0 N–H and O–H groups in total. The van der Waals surface area contributed by atoms with Gasteiger partial charge in [-0.25, -0.2) is 4.79 Å². The summed E-state index contributed by atoms with van der Waals surface area (Å²) in [5, 5.41) is 0. The number of fused-ring (bicyclic) bond motifs is 1. The molecule has 1 aliphatic rings. The monoisotopic (exact) mass is 409 g/mol. The summed E-state index contributed by atoms with van der Waals surface area (Å²) in [5.41, 5.74) is 3.66. The fraction of sp³-hybridized carbons (Fsp3) is 0.0769. The minimum atomic E-state index is -1.22. The predicted octanol–water partition coefficient (Wildman–Crippen LogP) is 5.21. The quantitative estimate of drug-likeness (QED) is 0.433. The molecule has 0 atom stereocenters. The first kappa shape index (κ1) is 18.9. The topological polar surface area (TPSA) is 57.7 Å². The van der Waals surface area contributed by atoms with E-state index in [0.717, 1.165) is 22.3 Å². The molecular formula is C26H19NO4. The molecule has 0 saturated heterocycles. The van der Waals surface area contributed by atoms with Crippen molar-refractivity contribution in [1.82, 2.24) is 4.98 Å². The molecule has 0 aliphatic carbocycles. The maximum atomic E-state index is 12.7. The molecule has 152 valence electrons. The Morgan fingerprint density at radius 3 is 2.00 bits per heavy atom. The van der Waals surface area contributed by atoms with Gasteiger partial charge in [-0.1, -0.05) is 60.7 Å². The average Bonchev–Trinajstić information content (AvgIpc) is 3.25. The van der Waals surface area contributed by atoms with Crippen molar-refractivity contribution in [3.05, 3.63) is 114 Å². The van der Waals surface area contributed by atoms with Crippen LogP contribution in [0, 0.1) is 0 Å². The van der Waals surface area contributed by atoms with Gasteiger partial charge in [-0.05, 0) is 35.4 Å². The highest BCUT2D eigenvalue weighted by Crippen LogP contribution is 2.50. The van der Waals surface area contributed by atoms with Crippen LogP contribution in [0.25, 0.3) is 11.1 Å². The van der Waals surface area contributed by atoms with Gasteiger partial charge < -0.3 is 14.2 Å². The number of carbonyl (C=O) groups excluding carboxylic acids is 1. The van der Waals surface area contributed by atoms with Crippen molar-refractivity contribution in [3.8, 4) is 22.6 Å². The third kappa shape index (κ3) is 3.20. The molecule has 5 rings (SSSR count). The lowest BCUT2D eigenvalue weighted by Gasteiger charge is -2.28. The van der Waals surface area contributed by atoms with Crippen LogP contribution in [0.2, 0.25) is 0 Å². The summed E-state index contributed by atoms with van der Waals surface area (Å²) in [7, 11) is 1.35. The van der Waals surface area contributed by atoms with Crippen LogP contribution in [-0.4, -0.2) is 18.1 Å². The number of aromatic nitrogens is 1. The summed E-state index contributed by atoms with van der Waals surface area (Å²) in [5.74, 6) is -0.878. The van der Waals surface area contributed by atoms with Crippen molar-refractivity contribution in [3.63, 3.8) is 0 Å². The van der Waals surface area contributed by atoms with E-state index < -0.39 is 11.8 Å². The zero-order valence-electron chi connectivity index (χ0n) is 16.8. The van der Waals surface area contributed by atoms with Gasteiger partial charge in [-0.15, -0.1) is 0 Å². The average molecular weight is 409 g/mol. The summed E-state index contributed by atoms with van der Waals surface area (Å²) in [6.07, 6.45) is 3.41. The Labute approximate surface area is 179 Å². The second-order valence-electron chi connectivity index (χ2n) is 7.13. The lowest BCUT2D eigenvalue weighted by atomic mass is 9.97. The Hall–Kier alpha value is -4.12. The van der Waals surface area contributed by atoms with Crippen molar-refractivity contribution < 1.29 is 19.0 Å². The number of carbonyl (C=O) groups is 1. The van der Waals surface area contributed by atoms with E-state index >= 15 is 0 Å². The van der Waals surface area contributed by atoms with Crippen molar-refractivity contribution in [2.75, 3.05) is 7.11 Å². The first-order valence-electron chi connectivity index (χ1n) is 9.87. The molecular weight excluding hydrogens is 390 g/mol. The second-order valence-corrected chi connectivity index (χ2v) is 7.13. The van der Waals surface area contributed by atoms with E-state index in [1.807, 2.05) is 78.9 Å². The molecule has 0 amide bonds. The molecule has 5 nitrogen and oxygen atoms in total. The predicted molar refractivity (Wildman–Crippen MR) is 116 cm³/mol. The molecule has 5 heteroatoms. The SMILES string of the molecule is COC(=O)c1cc(-c2ccncc2)cc2c1OC(c1ccccc1)(c1ccccc1)O2. The largest absolute Gasteiger partial charge is 0.465 e. The number of hydrogen-bond donors (Lipinski definition) is 0. The van der Waals surface area contributed by atoms with Crippen molar-refractivity contribution in [2.24, 2.45) is 0 Å². The highest BCUT2D eigenvalue weighted by molar-refractivity contribution is 5.96. The van der Waals surface area contributed by atoms with E-state index in [0.29, 0.717) is 17.1 Å². The standard InChI is InChI=1S/C26H19NO4/c1-29-25(28)22-16-19(18-12-14-27-15-13-18)17-23-24(22)31-26(30-23,20-8-4-2-5-9-20)21-10-6-3-7-11-21/h2-17H,1H3. The van der Waals surface area contributed by atoms with Gasteiger partial charge in [0.05, 0.1) is 7.11 Å². The van der Waals surface area contributed by atoms with Gasteiger partial charge in [-0.2, -0.15) is 0 Å². The van der Waals surface area contributed by atoms with E-state index in [1.165, 1.54) is 7.11 Å². The molecule has 3 aromatic carbocycles.